The van der Waals surface area contributed by atoms with Crippen molar-refractivity contribution >= 4 is 5.91 Å². The monoisotopic (exact) mass is 980 g/mol. The lowest BCUT2D eigenvalue weighted by molar-refractivity contribution is -0.302. The van der Waals surface area contributed by atoms with Crippen LogP contribution in [0.15, 0.2) is 12.2 Å². The van der Waals surface area contributed by atoms with Crippen LogP contribution in [0.3, 0.4) is 0 Å². The van der Waals surface area contributed by atoms with Crippen LogP contribution in [0.5, 0.6) is 0 Å². The molecule has 0 aromatic carbocycles. The highest BCUT2D eigenvalue weighted by atomic mass is 16.7. The lowest BCUT2D eigenvalue weighted by Crippen LogP contribution is -2.60. The normalized spacial score (nSPS) is 19.4. The van der Waals surface area contributed by atoms with Crippen LogP contribution in [0.2, 0.25) is 0 Å². The number of hydrogen-bond acceptors (Lipinski definition) is 8. The number of unbranched alkanes of at least 4 members (excludes halogenated alkanes) is 41. The molecule has 6 N–H and O–H groups in total. The van der Waals surface area contributed by atoms with Crippen molar-refractivity contribution in [1.29, 1.82) is 0 Å². The fraction of sp³-hybridized carbons (Fsp3) is 0.950. The molecule has 0 spiro atoms. The Bertz CT molecular complexity index is 1090. The summed E-state index contributed by atoms with van der Waals surface area (Å²) in [6, 6.07) is -0.714. The van der Waals surface area contributed by atoms with E-state index in [0.717, 1.165) is 38.5 Å². The molecule has 69 heavy (non-hydrogen) atoms. The van der Waals surface area contributed by atoms with Gasteiger partial charge in [-0.05, 0) is 38.5 Å². The predicted molar refractivity (Wildman–Crippen MR) is 291 cm³/mol. The average molecular weight is 981 g/mol. The summed E-state index contributed by atoms with van der Waals surface area (Å²) in [5, 5.41) is 54.5. The maximum Gasteiger partial charge on any atom is 0.220 e. The van der Waals surface area contributed by atoms with Gasteiger partial charge in [0.15, 0.2) is 6.29 Å². The second-order valence-corrected chi connectivity index (χ2v) is 21.5. The second kappa shape index (κ2) is 50.5. The first kappa shape index (κ1) is 65.9. The van der Waals surface area contributed by atoms with E-state index in [9.17, 15) is 30.3 Å². The summed E-state index contributed by atoms with van der Waals surface area (Å²) in [6.07, 6.45) is 55.7. The lowest BCUT2D eigenvalue weighted by atomic mass is 9.99. The summed E-state index contributed by atoms with van der Waals surface area (Å²) >= 11 is 0. The molecular weight excluding hydrogens is 863 g/mol. The number of allylic oxidation sites excluding steroid dienone is 2. The van der Waals surface area contributed by atoms with E-state index in [0.29, 0.717) is 12.8 Å². The predicted octanol–water partition coefficient (Wildman–Crippen LogP) is 15.2. The number of carbonyl (C=O) groups excluding carboxylic acids is 1. The molecule has 0 saturated carbocycles. The van der Waals surface area contributed by atoms with E-state index in [1.807, 2.05) is 0 Å². The van der Waals surface area contributed by atoms with Crippen LogP contribution in [0.1, 0.15) is 309 Å². The summed E-state index contributed by atoms with van der Waals surface area (Å²) < 4.78 is 11.3. The smallest absolute Gasteiger partial charge is 0.220 e. The van der Waals surface area contributed by atoms with Crippen molar-refractivity contribution in [3.05, 3.63) is 12.2 Å². The Kier molecular flexibility index (Phi) is 48.2. The van der Waals surface area contributed by atoms with Crippen molar-refractivity contribution in [2.75, 3.05) is 13.2 Å². The van der Waals surface area contributed by atoms with E-state index in [1.54, 1.807) is 0 Å². The molecule has 0 aromatic rings. The zero-order valence-corrected chi connectivity index (χ0v) is 45.6. The molecule has 0 aromatic heterocycles. The summed E-state index contributed by atoms with van der Waals surface area (Å²) in [4.78, 5) is 13.0. The van der Waals surface area contributed by atoms with E-state index in [4.69, 9.17) is 9.47 Å². The maximum absolute atomic E-state index is 13.0. The Balaban J connectivity index is 2.03. The first-order valence-electron chi connectivity index (χ1n) is 30.4. The Labute approximate surface area is 426 Å². The van der Waals surface area contributed by atoms with E-state index in [-0.39, 0.29) is 12.5 Å². The minimum atomic E-state index is -1.55. The van der Waals surface area contributed by atoms with Crippen LogP contribution >= 0.6 is 0 Å². The van der Waals surface area contributed by atoms with Gasteiger partial charge < -0.3 is 40.3 Å². The number of nitrogens with one attached hydrogen (secondary N) is 1. The average Bonchev–Trinajstić information content (AvgIpc) is 3.35. The van der Waals surface area contributed by atoms with Gasteiger partial charge in [-0.25, -0.2) is 0 Å². The minimum Gasteiger partial charge on any atom is -0.394 e. The largest absolute Gasteiger partial charge is 0.394 e. The molecule has 1 rings (SSSR count). The molecule has 1 aliphatic rings. The molecule has 1 heterocycles. The van der Waals surface area contributed by atoms with Gasteiger partial charge in [0.1, 0.15) is 24.4 Å². The van der Waals surface area contributed by atoms with Gasteiger partial charge in [0.25, 0.3) is 0 Å². The van der Waals surface area contributed by atoms with E-state index in [1.165, 1.54) is 244 Å². The minimum absolute atomic E-state index is 0.133. The number of rotatable bonds is 53. The lowest BCUT2D eigenvalue weighted by Gasteiger charge is -2.40. The van der Waals surface area contributed by atoms with Gasteiger partial charge in [-0.15, -0.1) is 0 Å². The van der Waals surface area contributed by atoms with Gasteiger partial charge in [0.2, 0.25) is 5.91 Å². The second-order valence-electron chi connectivity index (χ2n) is 21.5. The summed E-state index contributed by atoms with van der Waals surface area (Å²) in [7, 11) is 0. The number of hydrogen-bond donors (Lipinski definition) is 6. The van der Waals surface area contributed by atoms with E-state index >= 15 is 0 Å². The number of amides is 1. The van der Waals surface area contributed by atoms with Crippen molar-refractivity contribution in [2.24, 2.45) is 0 Å². The zero-order chi connectivity index (χ0) is 50.1. The molecule has 0 aliphatic carbocycles. The number of aliphatic hydroxyl groups is 5. The molecule has 1 amide bonds. The van der Waals surface area contributed by atoms with Crippen LogP contribution in [0, 0.1) is 0 Å². The highest BCUT2D eigenvalue weighted by Crippen LogP contribution is 2.23. The van der Waals surface area contributed by atoms with Crippen molar-refractivity contribution < 1.29 is 39.8 Å². The van der Waals surface area contributed by atoms with Crippen molar-refractivity contribution in [3.63, 3.8) is 0 Å². The van der Waals surface area contributed by atoms with Crippen LogP contribution in [-0.4, -0.2) is 87.5 Å². The molecule has 9 nitrogen and oxygen atoms in total. The third-order valence-electron chi connectivity index (χ3n) is 14.9. The Morgan fingerprint density at radius 3 is 1.17 bits per heavy atom. The highest BCUT2D eigenvalue weighted by molar-refractivity contribution is 5.76. The molecule has 0 bridgehead atoms. The molecule has 1 aliphatic heterocycles. The quantitative estimate of drug-likeness (QED) is 0.0261. The first-order chi connectivity index (χ1) is 33.8. The topological polar surface area (TPSA) is 149 Å². The standard InChI is InChI=1S/C60H117NO8/c1-3-5-7-9-11-13-15-16-17-18-19-20-21-22-23-24-25-26-27-28-29-30-31-32-33-34-35-36-37-38-40-42-44-46-48-50-56(64)61-53(52-68-60-59(67)58(66)57(65)55(51-62)69-60)54(63)49-47-45-43-41-39-14-12-10-8-6-4-2/h24-25,53-55,57-60,62-63,65-67H,3-23,26-52H2,1-2H3,(H,61,64)/b25-24-. The molecular formula is C60H117NO8. The third-order valence-corrected chi connectivity index (χ3v) is 14.9. The van der Waals surface area contributed by atoms with Gasteiger partial charge in [0.05, 0.1) is 25.4 Å². The Hall–Kier alpha value is -1.07. The summed E-state index contributed by atoms with van der Waals surface area (Å²) in [6.45, 7) is 3.86. The molecule has 1 saturated heterocycles. The van der Waals surface area contributed by atoms with E-state index in [2.05, 4.69) is 31.3 Å². The zero-order valence-electron chi connectivity index (χ0n) is 45.6. The van der Waals surface area contributed by atoms with Gasteiger partial charge in [0, 0.05) is 6.42 Å². The van der Waals surface area contributed by atoms with Gasteiger partial charge in [-0.2, -0.15) is 0 Å². The Morgan fingerprint density at radius 2 is 0.812 bits per heavy atom. The summed E-state index contributed by atoms with van der Waals surface area (Å²) in [5.41, 5.74) is 0. The van der Waals surface area contributed by atoms with Gasteiger partial charge in [-0.3, -0.25) is 4.79 Å². The number of carbonyl (C=O) groups is 1. The van der Waals surface area contributed by atoms with Crippen LogP contribution < -0.4 is 5.32 Å². The van der Waals surface area contributed by atoms with Crippen LogP contribution in [0.4, 0.5) is 0 Å². The first-order valence-corrected chi connectivity index (χ1v) is 30.4. The van der Waals surface area contributed by atoms with Crippen molar-refractivity contribution in [2.45, 2.75) is 352 Å². The van der Waals surface area contributed by atoms with E-state index < -0.39 is 49.5 Å². The van der Waals surface area contributed by atoms with Gasteiger partial charge in [-0.1, -0.05) is 276 Å². The highest BCUT2D eigenvalue weighted by Gasteiger charge is 2.44. The number of aliphatic hydroxyl groups excluding tert-OH is 5. The fourth-order valence-electron chi connectivity index (χ4n) is 10.0. The molecule has 0 radical (unpaired) electrons. The van der Waals surface area contributed by atoms with Crippen LogP contribution in [0.25, 0.3) is 0 Å². The number of ether oxygens (including phenoxy) is 2. The Morgan fingerprint density at radius 1 is 0.478 bits per heavy atom. The molecule has 1 fully saturated rings. The van der Waals surface area contributed by atoms with Crippen molar-refractivity contribution in [1.82, 2.24) is 5.32 Å². The van der Waals surface area contributed by atoms with Gasteiger partial charge >= 0.3 is 0 Å². The van der Waals surface area contributed by atoms with Crippen LogP contribution in [-0.2, 0) is 14.3 Å². The molecule has 9 heteroatoms. The SMILES string of the molecule is CCCCCCCCCCCCCCCC/C=C\CCCCCCCCCCCCCCCCCCCC(=O)NC(COC1OC(CO)C(O)C(O)C1O)C(O)CCCCCCCCCCCCC. The van der Waals surface area contributed by atoms with Crippen molar-refractivity contribution in [3.8, 4) is 0 Å². The maximum atomic E-state index is 13.0. The fourth-order valence-corrected chi connectivity index (χ4v) is 10.0. The molecule has 7 atom stereocenters. The summed E-state index contributed by atoms with van der Waals surface area (Å²) in [5.74, 6) is -0.140. The molecule has 7 unspecified atom stereocenters. The molecule has 410 valence electrons. The third kappa shape index (κ3) is 40.1.